The van der Waals surface area contributed by atoms with Crippen LogP contribution in [0.3, 0.4) is 0 Å². The van der Waals surface area contributed by atoms with Gasteiger partial charge in [0.1, 0.15) is 5.82 Å². The maximum Gasteiger partial charge on any atom is 0.282 e. The van der Waals surface area contributed by atoms with Crippen molar-refractivity contribution in [1.82, 2.24) is 8.61 Å². The summed E-state index contributed by atoms with van der Waals surface area (Å²) < 4.78 is 40.7. The molecule has 0 aliphatic carbocycles. The van der Waals surface area contributed by atoms with E-state index >= 15 is 0 Å². The van der Waals surface area contributed by atoms with Crippen LogP contribution in [0.15, 0.2) is 24.3 Å². The van der Waals surface area contributed by atoms with Crippen molar-refractivity contribution in [2.24, 2.45) is 0 Å². The highest BCUT2D eigenvalue weighted by Crippen LogP contribution is 2.22. The summed E-state index contributed by atoms with van der Waals surface area (Å²) in [6.45, 7) is 0.447. The number of aliphatic hydroxyl groups excluding tert-OH is 1. The normalized spacial score (nSPS) is 20.9. The molecule has 1 fully saturated rings. The molecule has 1 saturated heterocycles. The maximum atomic E-state index is 12.9. The van der Waals surface area contributed by atoms with Gasteiger partial charge < -0.3 is 5.11 Å². The lowest BCUT2D eigenvalue weighted by molar-refractivity contribution is 0.149. The quantitative estimate of drug-likeness (QED) is 0.892. The Kier molecular flexibility index (Phi) is 5.32. The lowest BCUT2D eigenvalue weighted by Crippen LogP contribution is -2.50. The molecule has 5 nitrogen and oxygen atoms in total. The van der Waals surface area contributed by atoms with Crippen molar-refractivity contribution in [2.75, 3.05) is 20.2 Å². The summed E-state index contributed by atoms with van der Waals surface area (Å²) in [6, 6.07) is 5.42. The third-order valence-corrected chi connectivity index (χ3v) is 5.78. The van der Waals surface area contributed by atoms with Crippen LogP contribution in [-0.2, 0) is 16.8 Å². The van der Waals surface area contributed by atoms with E-state index in [0.29, 0.717) is 13.0 Å². The van der Waals surface area contributed by atoms with Crippen LogP contribution < -0.4 is 0 Å². The first-order valence-electron chi connectivity index (χ1n) is 7.03. The van der Waals surface area contributed by atoms with Crippen LogP contribution in [0.4, 0.5) is 4.39 Å². The van der Waals surface area contributed by atoms with Gasteiger partial charge in [-0.25, -0.2) is 4.39 Å². The van der Waals surface area contributed by atoms with Gasteiger partial charge in [-0.1, -0.05) is 18.6 Å². The van der Waals surface area contributed by atoms with Crippen molar-refractivity contribution in [3.63, 3.8) is 0 Å². The molecule has 1 aromatic carbocycles. The molecule has 1 heterocycles. The highest BCUT2D eigenvalue weighted by Gasteiger charge is 2.34. The highest BCUT2D eigenvalue weighted by molar-refractivity contribution is 7.86. The Balaban J connectivity index is 2.12. The molecule has 0 saturated carbocycles. The maximum absolute atomic E-state index is 12.9. The molecule has 1 aliphatic rings. The van der Waals surface area contributed by atoms with Crippen molar-refractivity contribution in [1.29, 1.82) is 0 Å². The number of halogens is 1. The van der Waals surface area contributed by atoms with Crippen molar-refractivity contribution < 1.29 is 17.9 Å². The number of piperidine rings is 1. The van der Waals surface area contributed by atoms with Crippen LogP contribution in [0.2, 0.25) is 0 Å². The molecular weight excluding hydrogens is 295 g/mol. The predicted octanol–water partition coefficient (Wildman–Crippen LogP) is 1.35. The minimum atomic E-state index is -3.62. The Morgan fingerprint density at radius 2 is 2.00 bits per heavy atom. The highest BCUT2D eigenvalue weighted by atomic mass is 32.2. The molecule has 0 amide bonds. The molecule has 1 aromatic rings. The molecule has 1 unspecified atom stereocenters. The van der Waals surface area contributed by atoms with Gasteiger partial charge in [-0.15, -0.1) is 0 Å². The second-order valence-corrected chi connectivity index (χ2v) is 7.32. The smallest absolute Gasteiger partial charge is 0.282 e. The summed E-state index contributed by atoms with van der Waals surface area (Å²) in [4.78, 5) is 0. The molecule has 2 rings (SSSR count). The van der Waals surface area contributed by atoms with E-state index in [2.05, 4.69) is 0 Å². The molecule has 0 bridgehead atoms. The van der Waals surface area contributed by atoms with E-state index in [4.69, 9.17) is 0 Å². The van der Waals surface area contributed by atoms with Gasteiger partial charge in [0.15, 0.2) is 0 Å². The fraction of sp³-hybridized carbons (Fsp3) is 0.571. The molecule has 118 valence electrons. The average molecular weight is 316 g/mol. The first kappa shape index (κ1) is 16.4. The summed E-state index contributed by atoms with van der Waals surface area (Å²) in [7, 11) is -2.12. The Labute approximate surface area is 125 Å². The zero-order valence-corrected chi connectivity index (χ0v) is 12.9. The van der Waals surface area contributed by atoms with E-state index in [-0.39, 0.29) is 25.0 Å². The minimum Gasteiger partial charge on any atom is -0.395 e. The van der Waals surface area contributed by atoms with Crippen LogP contribution >= 0.6 is 0 Å². The van der Waals surface area contributed by atoms with Crippen LogP contribution in [0.1, 0.15) is 24.8 Å². The van der Waals surface area contributed by atoms with Gasteiger partial charge >= 0.3 is 0 Å². The Morgan fingerprint density at radius 1 is 1.33 bits per heavy atom. The first-order valence-corrected chi connectivity index (χ1v) is 8.43. The van der Waals surface area contributed by atoms with E-state index in [9.17, 15) is 17.9 Å². The van der Waals surface area contributed by atoms with Crippen molar-refractivity contribution in [3.8, 4) is 0 Å². The molecule has 7 heteroatoms. The number of hydrogen-bond donors (Lipinski definition) is 1. The Morgan fingerprint density at radius 3 is 2.62 bits per heavy atom. The van der Waals surface area contributed by atoms with Crippen molar-refractivity contribution in [3.05, 3.63) is 35.6 Å². The van der Waals surface area contributed by atoms with Gasteiger partial charge in [-0.2, -0.15) is 17.0 Å². The van der Waals surface area contributed by atoms with Crippen LogP contribution in [0, 0.1) is 5.82 Å². The molecule has 1 atom stereocenters. The van der Waals surface area contributed by atoms with Crippen LogP contribution in [-0.4, -0.2) is 48.4 Å². The molecule has 0 aromatic heterocycles. The zero-order valence-electron chi connectivity index (χ0n) is 12.1. The van der Waals surface area contributed by atoms with E-state index in [0.717, 1.165) is 18.4 Å². The lowest BCUT2D eigenvalue weighted by Gasteiger charge is -2.36. The molecule has 0 radical (unpaired) electrons. The van der Waals surface area contributed by atoms with Gasteiger partial charge in [-0.3, -0.25) is 0 Å². The zero-order chi connectivity index (χ0) is 15.5. The fourth-order valence-corrected chi connectivity index (χ4v) is 4.15. The lowest BCUT2D eigenvalue weighted by atomic mass is 10.1. The summed E-state index contributed by atoms with van der Waals surface area (Å²) in [6.07, 6.45) is 2.42. The van der Waals surface area contributed by atoms with Gasteiger partial charge in [-0.05, 0) is 30.5 Å². The number of nitrogens with zero attached hydrogens (tertiary/aromatic N) is 2. The Hall–Kier alpha value is -1.02. The number of benzene rings is 1. The van der Waals surface area contributed by atoms with Crippen LogP contribution in [0.5, 0.6) is 0 Å². The predicted molar refractivity (Wildman–Crippen MR) is 78.2 cm³/mol. The molecular formula is C14H21FN2O3S. The van der Waals surface area contributed by atoms with E-state index in [1.165, 1.54) is 27.8 Å². The summed E-state index contributed by atoms with van der Waals surface area (Å²) >= 11 is 0. The van der Waals surface area contributed by atoms with Gasteiger partial charge in [0.05, 0.1) is 6.61 Å². The number of aliphatic hydroxyl groups is 1. The molecule has 0 spiro atoms. The summed E-state index contributed by atoms with van der Waals surface area (Å²) in [5.41, 5.74) is 0.722. The van der Waals surface area contributed by atoms with E-state index < -0.39 is 10.2 Å². The topological polar surface area (TPSA) is 60.9 Å². The summed E-state index contributed by atoms with van der Waals surface area (Å²) in [5.74, 6) is -0.347. The fourth-order valence-electron chi connectivity index (χ4n) is 2.57. The van der Waals surface area contributed by atoms with Crippen molar-refractivity contribution in [2.45, 2.75) is 31.8 Å². The second-order valence-electron chi connectivity index (χ2n) is 5.33. The average Bonchev–Trinajstić information content (AvgIpc) is 2.49. The van der Waals surface area contributed by atoms with Gasteiger partial charge in [0.25, 0.3) is 10.2 Å². The SMILES string of the molecule is CN(Cc1ccc(F)cc1)S(=O)(=O)N1CCCCC1CO. The third-order valence-electron chi connectivity index (χ3n) is 3.79. The van der Waals surface area contributed by atoms with Crippen molar-refractivity contribution >= 4 is 10.2 Å². The summed E-state index contributed by atoms with van der Waals surface area (Å²) in [5, 5.41) is 9.36. The Bertz CT molecular complexity index is 562. The number of rotatable bonds is 5. The molecule has 1 N–H and O–H groups in total. The largest absolute Gasteiger partial charge is 0.395 e. The van der Waals surface area contributed by atoms with E-state index in [1.54, 1.807) is 12.1 Å². The monoisotopic (exact) mass is 316 g/mol. The van der Waals surface area contributed by atoms with Crippen LogP contribution in [0.25, 0.3) is 0 Å². The first-order chi connectivity index (χ1) is 9.95. The molecule has 21 heavy (non-hydrogen) atoms. The molecule has 1 aliphatic heterocycles. The van der Waals surface area contributed by atoms with Gasteiger partial charge in [0, 0.05) is 26.2 Å². The van der Waals surface area contributed by atoms with E-state index in [1.807, 2.05) is 0 Å². The second kappa shape index (κ2) is 6.83. The third kappa shape index (κ3) is 3.79. The number of hydrogen-bond acceptors (Lipinski definition) is 3. The van der Waals surface area contributed by atoms with Gasteiger partial charge in [0.2, 0.25) is 0 Å². The minimum absolute atomic E-state index is 0.163. The standard InChI is InChI=1S/C14H21FN2O3S/c1-16(10-12-5-7-13(15)8-6-12)21(19,20)17-9-3-2-4-14(17)11-18/h5-8,14,18H,2-4,9-11H2,1H3.